The maximum Gasteiger partial charge on any atom is 0.265 e. The Morgan fingerprint density at radius 1 is 1.10 bits per heavy atom. The summed E-state index contributed by atoms with van der Waals surface area (Å²) in [6, 6.07) is 15.9. The van der Waals surface area contributed by atoms with Gasteiger partial charge in [-0.15, -0.1) is 11.3 Å². The van der Waals surface area contributed by atoms with E-state index in [9.17, 15) is 4.79 Å². The fourth-order valence-electron chi connectivity index (χ4n) is 3.73. The van der Waals surface area contributed by atoms with Crippen molar-refractivity contribution in [2.45, 2.75) is 13.5 Å². The van der Waals surface area contributed by atoms with Crippen LogP contribution in [0.5, 0.6) is 0 Å². The number of aromatic nitrogens is 2. The molecule has 0 atom stereocenters. The molecule has 1 amide bonds. The number of aryl methyl sites for hydroxylation is 1. The summed E-state index contributed by atoms with van der Waals surface area (Å²) in [6.07, 6.45) is 0. The third kappa shape index (κ3) is 4.08. The van der Waals surface area contributed by atoms with E-state index in [1.807, 2.05) is 60.4 Å². The molecule has 8 heteroatoms. The van der Waals surface area contributed by atoms with Crippen molar-refractivity contribution >= 4 is 38.9 Å². The average Bonchev–Trinajstić information content (AvgIpc) is 3.39. The Morgan fingerprint density at radius 3 is 2.58 bits per heavy atom. The molecule has 5 rings (SSSR count). The Bertz CT molecular complexity index is 1230. The quantitative estimate of drug-likeness (QED) is 0.442. The number of rotatable bonds is 4. The van der Waals surface area contributed by atoms with Gasteiger partial charge in [0.25, 0.3) is 5.91 Å². The van der Waals surface area contributed by atoms with Crippen molar-refractivity contribution in [1.29, 1.82) is 0 Å². The number of piperazine rings is 1. The van der Waals surface area contributed by atoms with Gasteiger partial charge < -0.3 is 9.42 Å². The molecule has 31 heavy (non-hydrogen) atoms. The lowest BCUT2D eigenvalue weighted by molar-refractivity contribution is 0.0620. The van der Waals surface area contributed by atoms with Gasteiger partial charge in [-0.05, 0) is 13.0 Å². The van der Waals surface area contributed by atoms with Gasteiger partial charge in [-0.25, -0.2) is 0 Å². The van der Waals surface area contributed by atoms with Crippen LogP contribution in [-0.4, -0.2) is 52.0 Å². The molecule has 0 aliphatic carbocycles. The summed E-state index contributed by atoms with van der Waals surface area (Å²) < 4.78 is 6.48. The number of nitrogens with zero attached hydrogens (tertiary/aromatic N) is 4. The molecular formula is C23H21ClN4O2S. The van der Waals surface area contributed by atoms with Crippen LogP contribution >= 0.6 is 22.9 Å². The lowest BCUT2D eigenvalue weighted by Gasteiger charge is -2.33. The van der Waals surface area contributed by atoms with Gasteiger partial charge >= 0.3 is 0 Å². The minimum absolute atomic E-state index is 0.00491. The zero-order valence-corrected chi connectivity index (χ0v) is 18.6. The molecule has 1 aliphatic heterocycles. The Kier molecular flexibility index (Phi) is 5.48. The summed E-state index contributed by atoms with van der Waals surface area (Å²) in [5.41, 5.74) is 2.13. The zero-order chi connectivity index (χ0) is 21.4. The summed E-state index contributed by atoms with van der Waals surface area (Å²) >= 11 is 7.95. The van der Waals surface area contributed by atoms with E-state index in [0.717, 1.165) is 28.7 Å². The van der Waals surface area contributed by atoms with E-state index >= 15 is 0 Å². The molecule has 0 spiro atoms. The largest absolute Gasteiger partial charge is 0.338 e. The topological polar surface area (TPSA) is 62.5 Å². The molecule has 2 aromatic carbocycles. The standard InChI is InChI=1S/C23H21ClN4O2S/c1-15-6-8-16(9-7-15)22-25-19(30-26-22)14-27-10-12-28(13-11-27)23(29)21-20(24)17-4-2-3-5-18(17)31-21/h2-9H,10-14H2,1H3. The van der Waals surface area contributed by atoms with Crippen LogP contribution < -0.4 is 0 Å². The number of hydrogen-bond acceptors (Lipinski definition) is 6. The van der Waals surface area contributed by atoms with Gasteiger partial charge in [0.05, 0.1) is 11.6 Å². The van der Waals surface area contributed by atoms with Gasteiger partial charge in [0.2, 0.25) is 11.7 Å². The minimum Gasteiger partial charge on any atom is -0.338 e. The van der Waals surface area contributed by atoms with Crippen LogP contribution in [0.15, 0.2) is 53.1 Å². The van der Waals surface area contributed by atoms with E-state index in [1.54, 1.807) is 0 Å². The number of halogens is 1. The first kappa shape index (κ1) is 20.2. The van der Waals surface area contributed by atoms with Crippen molar-refractivity contribution in [3.05, 3.63) is 69.9 Å². The average molecular weight is 453 g/mol. The Morgan fingerprint density at radius 2 is 1.84 bits per heavy atom. The minimum atomic E-state index is 0.00491. The lowest BCUT2D eigenvalue weighted by Crippen LogP contribution is -2.48. The van der Waals surface area contributed by atoms with E-state index in [2.05, 4.69) is 15.0 Å². The maximum atomic E-state index is 13.0. The molecule has 0 bridgehead atoms. The van der Waals surface area contributed by atoms with Crippen molar-refractivity contribution < 1.29 is 9.32 Å². The van der Waals surface area contributed by atoms with Crippen LogP contribution in [-0.2, 0) is 6.54 Å². The summed E-state index contributed by atoms with van der Waals surface area (Å²) in [7, 11) is 0. The molecule has 2 aromatic heterocycles. The number of benzene rings is 2. The van der Waals surface area contributed by atoms with Gasteiger partial charge in [-0.3, -0.25) is 9.69 Å². The van der Waals surface area contributed by atoms with Crippen molar-refractivity contribution in [2.75, 3.05) is 26.2 Å². The van der Waals surface area contributed by atoms with Gasteiger partial charge in [-0.1, -0.05) is 64.8 Å². The third-order valence-corrected chi connectivity index (χ3v) is 7.19. The highest BCUT2D eigenvalue weighted by Gasteiger charge is 2.26. The molecular weight excluding hydrogens is 432 g/mol. The van der Waals surface area contributed by atoms with Gasteiger partial charge in [0, 0.05) is 41.8 Å². The molecule has 0 saturated carbocycles. The highest BCUT2D eigenvalue weighted by molar-refractivity contribution is 7.21. The van der Waals surface area contributed by atoms with Crippen LogP contribution in [0.4, 0.5) is 0 Å². The third-order valence-electron chi connectivity index (χ3n) is 5.53. The zero-order valence-electron chi connectivity index (χ0n) is 17.0. The Hall–Kier alpha value is -2.74. The lowest BCUT2D eigenvalue weighted by atomic mass is 10.1. The SMILES string of the molecule is Cc1ccc(-c2noc(CN3CCN(C(=O)c4sc5ccccc5c4Cl)CC3)n2)cc1. The summed E-state index contributed by atoms with van der Waals surface area (Å²) in [5, 5.41) is 5.60. The molecule has 1 saturated heterocycles. The monoisotopic (exact) mass is 452 g/mol. The van der Waals surface area contributed by atoms with E-state index in [4.69, 9.17) is 16.1 Å². The maximum absolute atomic E-state index is 13.0. The number of hydrogen-bond donors (Lipinski definition) is 0. The van der Waals surface area contributed by atoms with Crippen LogP contribution in [0.3, 0.4) is 0 Å². The van der Waals surface area contributed by atoms with Crippen molar-refractivity contribution in [2.24, 2.45) is 0 Å². The molecule has 4 aromatic rings. The second kappa shape index (κ2) is 8.42. The molecule has 3 heterocycles. The normalized spacial score (nSPS) is 15.0. The van der Waals surface area contributed by atoms with Crippen molar-refractivity contribution in [1.82, 2.24) is 19.9 Å². The first-order chi connectivity index (χ1) is 15.1. The first-order valence-electron chi connectivity index (χ1n) is 10.2. The number of fused-ring (bicyclic) bond motifs is 1. The highest BCUT2D eigenvalue weighted by atomic mass is 35.5. The molecule has 0 radical (unpaired) electrons. The van der Waals surface area contributed by atoms with E-state index in [1.165, 1.54) is 16.9 Å². The van der Waals surface area contributed by atoms with E-state index < -0.39 is 0 Å². The fourth-order valence-corrected chi connectivity index (χ4v) is 5.21. The second-order valence-electron chi connectivity index (χ2n) is 7.69. The Labute approximate surface area is 189 Å². The van der Waals surface area contributed by atoms with Gasteiger partial charge in [0.1, 0.15) is 4.88 Å². The number of thiophene rings is 1. The number of carbonyl (C=O) groups is 1. The predicted octanol–water partition coefficient (Wildman–Crippen LogP) is 4.87. The molecule has 0 N–H and O–H groups in total. The van der Waals surface area contributed by atoms with Crippen LogP contribution in [0.2, 0.25) is 5.02 Å². The Balaban J connectivity index is 1.21. The summed E-state index contributed by atoms with van der Waals surface area (Å²) in [4.78, 5) is 22.3. The molecule has 1 fully saturated rings. The number of amides is 1. The van der Waals surface area contributed by atoms with Gasteiger partial charge in [0.15, 0.2) is 0 Å². The van der Waals surface area contributed by atoms with Crippen molar-refractivity contribution in [3.63, 3.8) is 0 Å². The summed E-state index contributed by atoms with van der Waals surface area (Å²) in [5.74, 6) is 1.19. The van der Waals surface area contributed by atoms with E-state index in [0.29, 0.717) is 41.2 Å². The first-order valence-corrected chi connectivity index (χ1v) is 11.4. The molecule has 6 nitrogen and oxygen atoms in total. The molecule has 0 unspecified atom stereocenters. The molecule has 1 aliphatic rings. The van der Waals surface area contributed by atoms with E-state index in [-0.39, 0.29) is 5.91 Å². The van der Waals surface area contributed by atoms with Gasteiger partial charge in [-0.2, -0.15) is 4.98 Å². The number of carbonyl (C=O) groups excluding carboxylic acids is 1. The summed E-state index contributed by atoms with van der Waals surface area (Å²) in [6.45, 7) is 5.40. The predicted molar refractivity (Wildman–Crippen MR) is 122 cm³/mol. The fraction of sp³-hybridized carbons (Fsp3) is 0.261. The smallest absolute Gasteiger partial charge is 0.265 e. The second-order valence-corrected chi connectivity index (χ2v) is 9.12. The highest BCUT2D eigenvalue weighted by Crippen LogP contribution is 2.36. The van der Waals surface area contributed by atoms with Crippen LogP contribution in [0.25, 0.3) is 21.5 Å². The van der Waals surface area contributed by atoms with Crippen molar-refractivity contribution in [3.8, 4) is 11.4 Å². The van der Waals surface area contributed by atoms with Crippen LogP contribution in [0.1, 0.15) is 21.1 Å². The molecule has 158 valence electrons. The van der Waals surface area contributed by atoms with Crippen LogP contribution in [0, 0.1) is 6.92 Å².